The lowest BCUT2D eigenvalue weighted by molar-refractivity contribution is -0.124. The van der Waals surface area contributed by atoms with Crippen molar-refractivity contribution in [2.45, 2.75) is 50.1 Å². The number of hydrogen-bond acceptors (Lipinski definition) is 4. The summed E-state index contributed by atoms with van der Waals surface area (Å²) in [4.78, 5) is 29.6. The van der Waals surface area contributed by atoms with Crippen molar-refractivity contribution in [3.8, 4) is 0 Å². The number of amides is 2. The summed E-state index contributed by atoms with van der Waals surface area (Å²) < 4.78 is 0. The summed E-state index contributed by atoms with van der Waals surface area (Å²) >= 11 is 12.9. The van der Waals surface area contributed by atoms with Crippen molar-refractivity contribution in [3.05, 3.63) is 98.3 Å². The number of fused-ring (bicyclic) bond motifs is 1. The molecule has 0 unspecified atom stereocenters. The maximum atomic E-state index is 13.9. The minimum atomic E-state index is -0.619. The molecule has 8 heteroatoms. The largest absolute Gasteiger partial charge is 0.758 e. The van der Waals surface area contributed by atoms with E-state index < -0.39 is 12.0 Å². The van der Waals surface area contributed by atoms with Crippen LogP contribution < -0.4 is 5.32 Å². The molecule has 1 aliphatic carbocycles. The quantitative estimate of drug-likeness (QED) is 0.504. The molecule has 2 atom stereocenters. The van der Waals surface area contributed by atoms with Gasteiger partial charge in [-0.25, -0.2) is 0 Å². The van der Waals surface area contributed by atoms with Gasteiger partial charge in [0.15, 0.2) is 0 Å². The van der Waals surface area contributed by atoms with Gasteiger partial charge in [-0.2, -0.15) is 0 Å². The number of rotatable bonds is 6. The van der Waals surface area contributed by atoms with Gasteiger partial charge in [-0.05, 0) is 66.4 Å². The maximum Gasteiger partial charge on any atom is 0.254 e. The van der Waals surface area contributed by atoms with Crippen molar-refractivity contribution in [2.75, 3.05) is 13.1 Å². The SMILES string of the molecule is O=C(NCCC1=CCN([O-])C=C1)[C@@H]1c2ccccc2C(=O)N(C2CCCC2)[C@H]1c1ccc(Cl)cc1Cl. The van der Waals surface area contributed by atoms with Crippen molar-refractivity contribution in [1.29, 1.82) is 0 Å². The van der Waals surface area contributed by atoms with Crippen LogP contribution in [0.3, 0.4) is 0 Å². The molecule has 188 valence electrons. The predicted octanol–water partition coefficient (Wildman–Crippen LogP) is 5.98. The Labute approximate surface area is 221 Å². The van der Waals surface area contributed by atoms with E-state index in [9.17, 15) is 14.8 Å². The molecule has 2 heterocycles. The van der Waals surface area contributed by atoms with E-state index in [0.29, 0.717) is 40.7 Å². The Morgan fingerprint density at radius 3 is 2.58 bits per heavy atom. The fourth-order valence-corrected chi connectivity index (χ4v) is 6.15. The van der Waals surface area contributed by atoms with E-state index in [0.717, 1.165) is 41.9 Å². The molecule has 0 saturated heterocycles. The van der Waals surface area contributed by atoms with Crippen LogP contribution in [-0.2, 0) is 4.79 Å². The van der Waals surface area contributed by atoms with Gasteiger partial charge in [0.05, 0.1) is 12.0 Å². The van der Waals surface area contributed by atoms with Crippen LogP contribution in [0.5, 0.6) is 0 Å². The number of allylic oxidation sites excluding steroid dienone is 1. The van der Waals surface area contributed by atoms with Gasteiger partial charge in [0, 0.05) is 34.7 Å². The Morgan fingerprint density at radius 2 is 1.86 bits per heavy atom. The topological polar surface area (TPSA) is 75.7 Å². The molecule has 1 saturated carbocycles. The van der Waals surface area contributed by atoms with Gasteiger partial charge in [-0.3, -0.25) is 9.59 Å². The molecular formula is C28H28Cl2N3O3-. The smallest absolute Gasteiger partial charge is 0.254 e. The first kappa shape index (κ1) is 24.9. The molecular weight excluding hydrogens is 497 g/mol. The van der Waals surface area contributed by atoms with E-state index in [1.54, 1.807) is 18.2 Å². The van der Waals surface area contributed by atoms with Crippen molar-refractivity contribution in [3.63, 3.8) is 0 Å². The standard InChI is InChI=1S/C28H28Cl2N3O3/c29-19-9-10-23(24(30)17-19)26-25(27(34)31-14-11-18-12-15-32(36)16-13-18)21-7-3-4-8-22(21)28(35)33(26)20-5-1-2-6-20/h3-4,7-10,12-13,15,17,20,25-26H,1-2,5-6,11,14,16H2,(H,31,34)/q-1/t25-,26+/m1/s1. The Balaban J connectivity index is 1.51. The molecule has 0 radical (unpaired) electrons. The number of carbonyl (C=O) groups excluding carboxylic acids is 2. The highest BCUT2D eigenvalue weighted by atomic mass is 35.5. The predicted molar refractivity (Wildman–Crippen MR) is 142 cm³/mol. The van der Waals surface area contributed by atoms with Gasteiger partial charge in [0.1, 0.15) is 0 Å². The number of nitrogens with zero attached hydrogens (tertiary/aromatic N) is 2. The summed E-state index contributed by atoms with van der Waals surface area (Å²) in [7, 11) is 0. The summed E-state index contributed by atoms with van der Waals surface area (Å²) in [5, 5.41) is 16.3. The van der Waals surface area contributed by atoms with Crippen LogP contribution in [0.1, 0.15) is 65.5 Å². The van der Waals surface area contributed by atoms with Crippen molar-refractivity contribution >= 4 is 35.0 Å². The summed E-state index contributed by atoms with van der Waals surface area (Å²) in [6.07, 6.45) is 9.67. The monoisotopic (exact) mass is 524 g/mol. The molecule has 3 aliphatic rings. The van der Waals surface area contributed by atoms with E-state index in [1.807, 2.05) is 41.3 Å². The Bertz CT molecular complexity index is 1220. The molecule has 2 aromatic rings. The van der Waals surface area contributed by atoms with E-state index in [2.05, 4.69) is 5.32 Å². The molecule has 0 aromatic heterocycles. The Kier molecular flexibility index (Phi) is 7.37. The van der Waals surface area contributed by atoms with E-state index in [4.69, 9.17) is 23.2 Å². The fraction of sp³-hybridized carbons (Fsp3) is 0.357. The summed E-state index contributed by atoms with van der Waals surface area (Å²) in [5.74, 6) is -0.830. The first-order valence-electron chi connectivity index (χ1n) is 12.4. The number of halogens is 2. The molecule has 36 heavy (non-hydrogen) atoms. The van der Waals surface area contributed by atoms with Crippen LogP contribution in [0, 0.1) is 5.21 Å². The first-order valence-corrected chi connectivity index (χ1v) is 13.1. The lowest BCUT2D eigenvalue weighted by atomic mass is 9.78. The van der Waals surface area contributed by atoms with Gasteiger partial charge in [0.25, 0.3) is 5.91 Å². The summed E-state index contributed by atoms with van der Waals surface area (Å²) in [6, 6.07) is 12.2. The number of hydrogen-bond donors (Lipinski definition) is 1. The second-order valence-electron chi connectivity index (χ2n) is 9.56. The first-order chi connectivity index (χ1) is 17.4. The summed E-state index contributed by atoms with van der Waals surface area (Å²) in [6.45, 7) is 0.732. The zero-order valence-corrected chi connectivity index (χ0v) is 21.3. The third kappa shape index (κ3) is 4.90. The average molecular weight is 525 g/mol. The number of hydroxylamine groups is 2. The van der Waals surface area contributed by atoms with Gasteiger partial charge >= 0.3 is 0 Å². The van der Waals surface area contributed by atoms with E-state index in [-0.39, 0.29) is 17.9 Å². The van der Waals surface area contributed by atoms with Gasteiger partial charge in [-0.1, -0.05) is 66.4 Å². The molecule has 1 fully saturated rings. The average Bonchev–Trinajstić information content (AvgIpc) is 3.40. The molecule has 2 aliphatic heterocycles. The van der Waals surface area contributed by atoms with Gasteiger partial charge < -0.3 is 20.5 Å². The maximum absolute atomic E-state index is 13.9. The zero-order valence-electron chi connectivity index (χ0n) is 19.8. The number of nitrogens with one attached hydrogen (secondary N) is 1. The van der Waals surface area contributed by atoms with E-state index >= 15 is 0 Å². The molecule has 0 spiro atoms. The lowest BCUT2D eigenvalue weighted by Crippen LogP contribution is -2.51. The lowest BCUT2D eigenvalue weighted by Gasteiger charge is -2.45. The fourth-order valence-electron chi connectivity index (χ4n) is 5.63. The molecule has 1 N–H and O–H groups in total. The van der Waals surface area contributed by atoms with Gasteiger partial charge in [0.2, 0.25) is 5.91 Å². The molecule has 0 bridgehead atoms. The molecule has 2 amide bonds. The highest BCUT2D eigenvalue weighted by Gasteiger charge is 2.47. The van der Waals surface area contributed by atoms with Crippen LogP contribution in [-0.4, -0.2) is 40.9 Å². The Hall–Kier alpha value is -2.80. The third-order valence-electron chi connectivity index (χ3n) is 7.36. The van der Waals surface area contributed by atoms with Crippen LogP contribution in [0.2, 0.25) is 10.0 Å². The van der Waals surface area contributed by atoms with E-state index in [1.165, 1.54) is 6.20 Å². The van der Waals surface area contributed by atoms with Crippen LogP contribution in [0.15, 0.2) is 66.4 Å². The van der Waals surface area contributed by atoms with Crippen LogP contribution in [0.25, 0.3) is 0 Å². The number of benzene rings is 2. The molecule has 6 nitrogen and oxygen atoms in total. The molecule has 2 aromatic carbocycles. The molecule has 5 rings (SSSR count). The second kappa shape index (κ2) is 10.7. The van der Waals surface area contributed by atoms with Gasteiger partial charge in [-0.15, -0.1) is 0 Å². The minimum Gasteiger partial charge on any atom is -0.758 e. The van der Waals surface area contributed by atoms with Crippen molar-refractivity contribution < 1.29 is 9.59 Å². The highest BCUT2D eigenvalue weighted by molar-refractivity contribution is 6.35. The van der Waals surface area contributed by atoms with Crippen molar-refractivity contribution in [1.82, 2.24) is 15.3 Å². The third-order valence-corrected chi connectivity index (χ3v) is 7.92. The number of carbonyl (C=O) groups is 2. The normalized spacial score (nSPS) is 22.0. The summed E-state index contributed by atoms with van der Waals surface area (Å²) in [5.41, 5.74) is 3.01. The second-order valence-corrected chi connectivity index (χ2v) is 10.4. The van der Waals surface area contributed by atoms with Crippen LogP contribution >= 0.6 is 23.2 Å². The van der Waals surface area contributed by atoms with Crippen LogP contribution in [0.4, 0.5) is 0 Å². The minimum absolute atomic E-state index is 0.0467. The Morgan fingerprint density at radius 1 is 1.08 bits per heavy atom. The van der Waals surface area contributed by atoms with Crippen molar-refractivity contribution in [2.24, 2.45) is 0 Å². The zero-order chi connectivity index (χ0) is 25.2. The highest BCUT2D eigenvalue weighted by Crippen LogP contribution is 2.48.